The van der Waals surface area contributed by atoms with Crippen molar-refractivity contribution < 1.29 is 38.9 Å². The third-order valence-corrected chi connectivity index (χ3v) is 2.46. The van der Waals surface area contributed by atoms with Gasteiger partial charge in [-0.05, 0) is 0 Å². The minimum absolute atomic E-state index is 0.355. The van der Waals surface area contributed by atoms with Crippen molar-refractivity contribution in [1.29, 1.82) is 0 Å². The number of aliphatic hydroxyl groups is 3. The largest absolute Gasteiger partial charge is 0.790 e. The molecule has 1 rings (SSSR count). The fraction of sp³-hybridized carbons (Fsp3) is 1.00. The number of phosphoric ester groups is 1. The Morgan fingerprint density at radius 2 is 2.07 bits per heavy atom. The van der Waals surface area contributed by atoms with Crippen LogP contribution in [-0.2, 0) is 13.8 Å². The van der Waals surface area contributed by atoms with Crippen LogP contribution >= 0.6 is 7.82 Å². The van der Waals surface area contributed by atoms with Crippen molar-refractivity contribution in [2.45, 2.75) is 31.0 Å². The first kappa shape index (κ1) is 13.0. The number of hydrogen-bond donors (Lipinski definition) is 3. The van der Waals surface area contributed by atoms with Gasteiger partial charge >= 0.3 is 0 Å². The highest BCUT2D eigenvalue weighted by molar-refractivity contribution is 7.43. The molecule has 1 aliphatic heterocycles. The highest BCUT2D eigenvalue weighted by Crippen LogP contribution is 2.32. The molecule has 1 fully saturated rings. The summed E-state index contributed by atoms with van der Waals surface area (Å²) in [6.45, 7) is -0.625. The van der Waals surface area contributed by atoms with Crippen LogP contribution in [0.25, 0.3) is 0 Å². The maximum absolute atomic E-state index is 10.2. The average Bonchev–Trinajstić information content (AvgIpc) is 2.08. The molecule has 1 heterocycles. The molecule has 0 bridgehead atoms. The summed E-state index contributed by atoms with van der Waals surface area (Å²) in [4.78, 5) is 20.5. The van der Waals surface area contributed by atoms with E-state index in [1.165, 1.54) is 0 Å². The van der Waals surface area contributed by atoms with Crippen LogP contribution in [-0.4, -0.2) is 46.5 Å². The molecule has 0 saturated carbocycles. The Labute approximate surface area is 85.3 Å². The molecule has 9 heteroatoms. The van der Waals surface area contributed by atoms with Gasteiger partial charge in [-0.15, -0.1) is 0 Å². The second kappa shape index (κ2) is 4.86. The normalized spacial score (nSPS) is 37.9. The smallest absolute Gasteiger partial charge is 0.165 e. The Hall–Kier alpha value is -0.0500. The zero-order valence-electron chi connectivity index (χ0n) is 7.55. The van der Waals surface area contributed by atoms with Gasteiger partial charge in [-0.3, -0.25) is 0 Å². The quantitative estimate of drug-likeness (QED) is 0.436. The third-order valence-electron chi connectivity index (χ3n) is 1.96. The molecule has 3 N–H and O–H groups in total. The molecular weight excluding hydrogens is 231 g/mol. The summed E-state index contributed by atoms with van der Waals surface area (Å²) >= 11 is 0. The molecule has 0 aliphatic carbocycles. The van der Waals surface area contributed by atoms with E-state index in [2.05, 4.69) is 4.52 Å². The SMILES string of the molecule is O=P([O-])([O-])O[C@@H]1C[C@@H](O)[C@H](O)[C@@H](CO)O1. The Balaban J connectivity index is 2.59. The molecule has 8 nitrogen and oxygen atoms in total. The van der Waals surface area contributed by atoms with Gasteiger partial charge in [0.2, 0.25) is 0 Å². The summed E-state index contributed by atoms with van der Waals surface area (Å²) < 4.78 is 19.0. The fourth-order valence-electron chi connectivity index (χ4n) is 1.28. The molecule has 15 heavy (non-hydrogen) atoms. The minimum atomic E-state index is -5.22. The van der Waals surface area contributed by atoms with Crippen molar-refractivity contribution in [3.63, 3.8) is 0 Å². The Kier molecular flexibility index (Phi) is 4.21. The summed E-state index contributed by atoms with van der Waals surface area (Å²) in [7, 11) is -5.22. The summed E-state index contributed by atoms with van der Waals surface area (Å²) in [5.74, 6) is 0. The van der Waals surface area contributed by atoms with Crippen LogP contribution < -0.4 is 9.79 Å². The lowest BCUT2D eigenvalue weighted by Crippen LogP contribution is -2.50. The van der Waals surface area contributed by atoms with Gasteiger partial charge in [0.1, 0.15) is 12.2 Å². The monoisotopic (exact) mass is 242 g/mol. The van der Waals surface area contributed by atoms with E-state index >= 15 is 0 Å². The highest BCUT2D eigenvalue weighted by Gasteiger charge is 2.37. The Bertz CT molecular complexity index is 252. The molecule has 1 aliphatic rings. The standard InChI is InChI=1S/C6H13O8P/c7-2-4-6(9)3(8)1-5(13-4)14-15(10,11)12/h3-9H,1-2H2,(H2,10,11,12)/p-2/t3-,4-,5-,6+/m1/s1. The molecule has 0 spiro atoms. The maximum Gasteiger partial charge on any atom is 0.165 e. The van der Waals surface area contributed by atoms with Gasteiger partial charge in [-0.1, -0.05) is 0 Å². The molecule has 0 aromatic heterocycles. The van der Waals surface area contributed by atoms with Crippen LogP contribution in [0.5, 0.6) is 0 Å². The maximum atomic E-state index is 10.2. The van der Waals surface area contributed by atoms with Crippen LogP contribution in [0.3, 0.4) is 0 Å². The Morgan fingerprint density at radius 1 is 1.47 bits per heavy atom. The first-order valence-corrected chi connectivity index (χ1v) is 5.62. The molecule has 0 aromatic rings. The van der Waals surface area contributed by atoms with E-state index in [0.717, 1.165) is 0 Å². The van der Waals surface area contributed by atoms with Crippen molar-refractivity contribution in [2.24, 2.45) is 0 Å². The van der Waals surface area contributed by atoms with Gasteiger partial charge in [-0.2, -0.15) is 0 Å². The lowest BCUT2D eigenvalue weighted by atomic mass is 10.0. The van der Waals surface area contributed by atoms with Gasteiger partial charge < -0.3 is 38.9 Å². The number of phosphoric acid groups is 1. The average molecular weight is 242 g/mol. The van der Waals surface area contributed by atoms with E-state index in [9.17, 15) is 24.6 Å². The zero-order chi connectivity index (χ0) is 11.6. The summed E-state index contributed by atoms with van der Waals surface area (Å²) in [6.07, 6.45) is -5.65. The first-order chi connectivity index (χ1) is 6.83. The van der Waals surface area contributed by atoms with Crippen LogP contribution in [0.4, 0.5) is 0 Å². The second-order valence-electron chi connectivity index (χ2n) is 3.13. The van der Waals surface area contributed by atoms with Crippen molar-refractivity contribution in [3.8, 4) is 0 Å². The van der Waals surface area contributed by atoms with Gasteiger partial charge in [0.05, 0.1) is 20.5 Å². The van der Waals surface area contributed by atoms with Gasteiger partial charge in [0.15, 0.2) is 6.29 Å². The number of rotatable bonds is 3. The predicted octanol–water partition coefficient (Wildman–Crippen LogP) is -3.34. The van der Waals surface area contributed by atoms with E-state index in [4.69, 9.17) is 9.84 Å². The lowest BCUT2D eigenvalue weighted by molar-refractivity contribution is -0.360. The predicted molar refractivity (Wildman–Crippen MR) is 41.1 cm³/mol. The van der Waals surface area contributed by atoms with Gasteiger partial charge in [0.25, 0.3) is 0 Å². The first-order valence-electron chi connectivity index (χ1n) is 4.16. The molecule has 0 aromatic carbocycles. The van der Waals surface area contributed by atoms with E-state index in [-0.39, 0.29) is 6.42 Å². The minimum Gasteiger partial charge on any atom is -0.790 e. The van der Waals surface area contributed by atoms with Gasteiger partial charge in [0, 0.05) is 6.42 Å². The summed E-state index contributed by atoms with van der Waals surface area (Å²) in [5.41, 5.74) is 0. The highest BCUT2D eigenvalue weighted by atomic mass is 31.2. The Morgan fingerprint density at radius 3 is 2.53 bits per heavy atom. The summed E-state index contributed by atoms with van der Waals surface area (Å²) in [5, 5.41) is 27.2. The topological polar surface area (TPSA) is 142 Å². The van der Waals surface area contributed by atoms with E-state index in [1.54, 1.807) is 0 Å². The number of aliphatic hydroxyl groups excluding tert-OH is 3. The lowest BCUT2D eigenvalue weighted by Gasteiger charge is -2.40. The molecule has 0 unspecified atom stereocenters. The van der Waals surface area contributed by atoms with Crippen molar-refractivity contribution in [2.75, 3.05) is 6.61 Å². The molecule has 90 valence electrons. The van der Waals surface area contributed by atoms with Crippen LogP contribution in [0.1, 0.15) is 6.42 Å². The van der Waals surface area contributed by atoms with Crippen molar-refractivity contribution in [1.82, 2.24) is 0 Å². The number of hydrogen-bond acceptors (Lipinski definition) is 8. The van der Waals surface area contributed by atoms with E-state index in [0.29, 0.717) is 0 Å². The zero-order valence-corrected chi connectivity index (χ0v) is 8.45. The summed E-state index contributed by atoms with van der Waals surface area (Å²) in [6, 6.07) is 0. The third kappa shape index (κ3) is 3.78. The van der Waals surface area contributed by atoms with Crippen molar-refractivity contribution >= 4 is 7.82 Å². The molecule has 0 amide bonds. The van der Waals surface area contributed by atoms with Crippen molar-refractivity contribution in [3.05, 3.63) is 0 Å². The van der Waals surface area contributed by atoms with E-state index in [1.807, 2.05) is 0 Å². The number of ether oxygens (including phenoxy) is 1. The molecular formula is C6H11O8P-2. The van der Waals surface area contributed by atoms with Crippen LogP contribution in [0.2, 0.25) is 0 Å². The van der Waals surface area contributed by atoms with Crippen LogP contribution in [0, 0.1) is 0 Å². The second-order valence-corrected chi connectivity index (χ2v) is 4.24. The fourth-order valence-corrected chi connectivity index (χ4v) is 1.70. The van der Waals surface area contributed by atoms with Crippen LogP contribution in [0.15, 0.2) is 0 Å². The van der Waals surface area contributed by atoms with Gasteiger partial charge in [-0.25, -0.2) is 0 Å². The van der Waals surface area contributed by atoms with E-state index < -0.39 is 39.0 Å². The molecule has 4 atom stereocenters. The molecule has 0 radical (unpaired) electrons. The molecule has 1 saturated heterocycles.